The molecule has 0 aliphatic carbocycles. The van der Waals surface area contributed by atoms with Crippen LogP contribution in [0.15, 0.2) is 18.3 Å². The van der Waals surface area contributed by atoms with Crippen LogP contribution in [-0.4, -0.2) is 47.4 Å². The number of anilines is 1. The fourth-order valence-corrected chi connectivity index (χ4v) is 2.89. The van der Waals surface area contributed by atoms with Crippen molar-refractivity contribution in [1.82, 2.24) is 15.2 Å². The normalized spacial score (nSPS) is 17.5. The van der Waals surface area contributed by atoms with Crippen molar-refractivity contribution < 1.29 is 22.8 Å². The molecule has 0 unspecified atom stereocenters. The van der Waals surface area contributed by atoms with Gasteiger partial charge in [-0.25, -0.2) is 4.98 Å². The Morgan fingerprint density at radius 1 is 1.35 bits per heavy atom. The number of amides is 2. The third kappa shape index (κ3) is 4.86. The fraction of sp³-hybridized carbons (Fsp3) is 0.588. The van der Waals surface area contributed by atoms with Crippen molar-refractivity contribution in [3.05, 3.63) is 23.9 Å². The highest BCUT2D eigenvalue weighted by molar-refractivity contribution is 5.88. The molecule has 26 heavy (non-hydrogen) atoms. The molecule has 0 aromatic carbocycles. The Hall–Kier alpha value is -2.32. The predicted octanol–water partition coefficient (Wildman–Crippen LogP) is 2.28. The van der Waals surface area contributed by atoms with Crippen molar-refractivity contribution in [3.63, 3.8) is 0 Å². The van der Waals surface area contributed by atoms with Gasteiger partial charge in [0.25, 0.3) is 0 Å². The number of rotatable bonds is 6. The van der Waals surface area contributed by atoms with Crippen molar-refractivity contribution in [2.45, 2.75) is 38.9 Å². The molecule has 2 rings (SSSR count). The highest BCUT2D eigenvalue weighted by Gasteiger charge is 2.35. The zero-order chi connectivity index (χ0) is 19.3. The third-order valence-electron chi connectivity index (χ3n) is 4.16. The summed E-state index contributed by atoms with van der Waals surface area (Å²) < 4.78 is 38.7. The maximum atomic E-state index is 12.9. The van der Waals surface area contributed by atoms with Gasteiger partial charge in [0, 0.05) is 31.7 Å². The van der Waals surface area contributed by atoms with Crippen molar-refractivity contribution in [3.8, 4) is 0 Å². The van der Waals surface area contributed by atoms with Crippen molar-refractivity contribution in [2.24, 2.45) is 5.92 Å². The molecule has 1 aliphatic rings. The fourth-order valence-electron chi connectivity index (χ4n) is 2.89. The molecule has 6 nitrogen and oxygen atoms in total. The number of nitrogens with one attached hydrogen (secondary N) is 2. The number of hydrogen-bond acceptors (Lipinski definition) is 4. The molecule has 1 saturated heterocycles. The summed E-state index contributed by atoms with van der Waals surface area (Å²) in [5.74, 6) is -0.804. The Balaban J connectivity index is 1.85. The van der Waals surface area contributed by atoms with Crippen LogP contribution in [0.25, 0.3) is 0 Å². The SMILES string of the molecule is CC(C)C(=O)N1CCC[C@H]1C(=O)NCCNc1ncccc1C(F)(F)F. The first-order chi connectivity index (χ1) is 12.2. The maximum absolute atomic E-state index is 12.9. The lowest BCUT2D eigenvalue weighted by molar-refractivity contribution is -0.140. The number of carbonyl (C=O) groups is 2. The van der Waals surface area contributed by atoms with Gasteiger partial charge < -0.3 is 15.5 Å². The quantitative estimate of drug-likeness (QED) is 0.752. The van der Waals surface area contributed by atoms with Crippen LogP contribution >= 0.6 is 0 Å². The summed E-state index contributed by atoms with van der Waals surface area (Å²) in [5.41, 5.74) is -0.851. The summed E-state index contributed by atoms with van der Waals surface area (Å²) in [6, 6.07) is 1.66. The number of carbonyl (C=O) groups excluding carboxylic acids is 2. The van der Waals surface area contributed by atoms with Gasteiger partial charge in [-0.05, 0) is 25.0 Å². The molecule has 2 heterocycles. The number of pyridine rings is 1. The van der Waals surface area contributed by atoms with E-state index in [4.69, 9.17) is 0 Å². The van der Waals surface area contributed by atoms with Crippen LogP contribution in [0.5, 0.6) is 0 Å². The molecule has 1 fully saturated rings. The first-order valence-electron chi connectivity index (χ1n) is 8.56. The van der Waals surface area contributed by atoms with Gasteiger partial charge in [0.2, 0.25) is 11.8 Å². The first kappa shape index (κ1) is 20.0. The molecule has 2 N–H and O–H groups in total. The molecular weight excluding hydrogens is 349 g/mol. The minimum Gasteiger partial charge on any atom is -0.368 e. The van der Waals surface area contributed by atoms with E-state index in [1.54, 1.807) is 18.7 Å². The van der Waals surface area contributed by atoms with E-state index in [2.05, 4.69) is 15.6 Å². The summed E-state index contributed by atoms with van der Waals surface area (Å²) in [7, 11) is 0. The summed E-state index contributed by atoms with van der Waals surface area (Å²) in [5, 5.41) is 5.26. The minimum absolute atomic E-state index is 0.0657. The van der Waals surface area contributed by atoms with Crippen LogP contribution in [0.3, 0.4) is 0 Å². The van der Waals surface area contributed by atoms with Crippen LogP contribution in [0, 0.1) is 5.92 Å². The molecule has 0 radical (unpaired) electrons. The lowest BCUT2D eigenvalue weighted by Crippen LogP contribution is -2.48. The van der Waals surface area contributed by atoms with Crippen molar-refractivity contribution in [1.29, 1.82) is 0 Å². The van der Waals surface area contributed by atoms with Crippen LogP contribution in [-0.2, 0) is 15.8 Å². The molecule has 1 aliphatic heterocycles. The van der Waals surface area contributed by atoms with E-state index < -0.39 is 17.8 Å². The van der Waals surface area contributed by atoms with E-state index in [0.717, 1.165) is 12.5 Å². The molecule has 2 amide bonds. The minimum atomic E-state index is -4.50. The van der Waals surface area contributed by atoms with E-state index >= 15 is 0 Å². The summed E-state index contributed by atoms with van der Waals surface area (Å²) >= 11 is 0. The number of likely N-dealkylation sites (tertiary alicyclic amines) is 1. The number of nitrogens with zero attached hydrogens (tertiary/aromatic N) is 2. The molecule has 1 atom stereocenters. The number of alkyl halides is 3. The Kier molecular flexibility index (Phi) is 6.44. The Labute approximate surface area is 150 Å². The Bertz CT molecular complexity index is 649. The van der Waals surface area contributed by atoms with E-state index in [-0.39, 0.29) is 36.6 Å². The number of aromatic nitrogens is 1. The van der Waals surface area contributed by atoms with Crippen LogP contribution in [0.1, 0.15) is 32.3 Å². The summed E-state index contributed by atoms with van der Waals surface area (Å²) in [6.07, 6.45) is -1.88. The topological polar surface area (TPSA) is 74.3 Å². The average molecular weight is 372 g/mol. The number of halogens is 3. The Morgan fingerprint density at radius 3 is 2.73 bits per heavy atom. The zero-order valence-corrected chi connectivity index (χ0v) is 14.8. The van der Waals surface area contributed by atoms with Gasteiger partial charge in [-0.3, -0.25) is 9.59 Å². The second-order valence-corrected chi connectivity index (χ2v) is 6.46. The lowest BCUT2D eigenvalue weighted by Gasteiger charge is -2.25. The second-order valence-electron chi connectivity index (χ2n) is 6.46. The van der Waals surface area contributed by atoms with E-state index in [9.17, 15) is 22.8 Å². The first-order valence-corrected chi connectivity index (χ1v) is 8.56. The van der Waals surface area contributed by atoms with Gasteiger partial charge in [-0.15, -0.1) is 0 Å². The average Bonchev–Trinajstić information content (AvgIpc) is 3.06. The van der Waals surface area contributed by atoms with E-state index in [1.807, 2.05) is 0 Å². The maximum Gasteiger partial charge on any atom is 0.419 e. The van der Waals surface area contributed by atoms with E-state index in [0.29, 0.717) is 13.0 Å². The molecule has 9 heteroatoms. The molecule has 0 spiro atoms. The van der Waals surface area contributed by atoms with E-state index in [1.165, 1.54) is 12.3 Å². The van der Waals surface area contributed by atoms with Crippen molar-refractivity contribution in [2.75, 3.05) is 25.0 Å². The van der Waals surface area contributed by atoms with Crippen LogP contribution < -0.4 is 10.6 Å². The molecule has 0 bridgehead atoms. The standard InChI is InChI=1S/C17H23F3N4O2/c1-11(2)16(26)24-10-4-6-13(24)15(25)23-9-8-22-14-12(17(18,19)20)5-3-7-21-14/h3,5,7,11,13H,4,6,8-10H2,1-2H3,(H,21,22)(H,23,25)/t13-/m0/s1. The van der Waals surface area contributed by atoms with Crippen LogP contribution in [0.2, 0.25) is 0 Å². The zero-order valence-electron chi connectivity index (χ0n) is 14.8. The Morgan fingerprint density at radius 2 is 2.08 bits per heavy atom. The monoisotopic (exact) mass is 372 g/mol. The number of hydrogen-bond donors (Lipinski definition) is 2. The molecule has 0 saturated carbocycles. The van der Waals surface area contributed by atoms with Gasteiger partial charge in [0.1, 0.15) is 11.9 Å². The summed E-state index contributed by atoms with van der Waals surface area (Å²) in [6.45, 7) is 4.34. The van der Waals surface area contributed by atoms with Crippen molar-refractivity contribution >= 4 is 17.6 Å². The lowest BCUT2D eigenvalue weighted by atomic mass is 10.1. The van der Waals surface area contributed by atoms with Gasteiger partial charge in [0.15, 0.2) is 0 Å². The second kappa shape index (κ2) is 8.37. The summed E-state index contributed by atoms with van der Waals surface area (Å²) in [4.78, 5) is 29.7. The van der Waals surface area contributed by atoms with Gasteiger partial charge in [-0.2, -0.15) is 13.2 Å². The highest BCUT2D eigenvalue weighted by atomic mass is 19.4. The largest absolute Gasteiger partial charge is 0.419 e. The molecule has 144 valence electrons. The predicted molar refractivity (Wildman–Crippen MR) is 90.3 cm³/mol. The van der Waals surface area contributed by atoms with Crippen LogP contribution in [0.4, 0.5) is 19.0 Å². The van der Waals surface area contributed by atoms with Gasteiger partial charge in [0.05, 0.1) is 5.56 Å². The van der Waals surface area contributed by atoms with Gasteiger partial charge in [-0.1, -0.05) is 13.8 Å². The molecular formula is C17H23F3N4O2. The smallest absolute Gasteiger partial charge is 0.368 e. The highest BCUT2D eigenvalue weighted by Crippen LogP contribution is 2.33. The molecule has 1 aromatic heterocycles. The van der Waals surface area contributed by atoms with Gasteiger partial charge >= 0.3 is 6.18 Å². The molecule has 1 aromatic rings. The third-order valence-corrected chi connectivity index (χ3v) is 4.16.